The molecule has 0 spiro atoms. The second-order valence-corrected chi connectivity index (χ2v) is 7.03. The minimum atomic E-state index is -0.511. The predicted molar refractivity (Wildman–Crippen MR) is 109 cm³/mol. The number of methoxy groups -OCH3 is 3. The third-order valence-corrected chi connectivity index (χ3v) is 5.58. The number of nitrogens with one attached hydrogen (secondary N) is 3. The van der Waals surface area contributed by atoms with Gasteiger partial charge in [-0.15, -0.1) is 0 Å². The first-order valence-corrected chi connectivity index (χ1v) is 9.34. The van der Waals surface area contributed by atoms with Crippen LogP contribution in [-0.2, 0) is 9.59 Å². The van der Waals surface area contributed by atoms with Crippen molar-refractivity contribution in [2.75, 3.05) is 21.3 Å². The largest absolute Gasteiger partial charge is 0.496 e. The lowest BCUT2D eigenvalue weighted by atomic mass is 9.92. The first-order chi connectivity index (χ1) is 14.6. The van der Waals surface area contributed by atoms with Crippen molar-refractivity contribution in [3.05, 3.63) is 58.9 Å². The van der Waals surface area contributed by atoms with Crippen LogP contribution in [0.2, 0.25) is 0 Å². The van der Waals surface area contributed by atoms with Crippen molar-refractivity contribution in [1.29, 1.82) is 0 Å². The second kappa shape index (κ2) is 6.55. The number of hydrogen-bond donors (Lipinski definition) is 3. The molecule has 0 radical (unpaired) electrons. The van der Waals surface area contributed by atoms with Gasteiger partial charge >= 0.3 is 0 Å². The molecule has 8 heteroatoms. The van der Waals surface area contributed by atoms with Crippen LogP contribution in [0.3, 0.4) is 0 Å². The van der Waals surface area contributed by atoms with Crippen molar-refractivity contribution >= 4 is 28.3 Å². The maximum absolute atomic E-state index is 12.6. The Labute approximate surface area is 171 Å². The van der Waals surface area contributed by atoms with Crippen LogP contribution in [0.4, 0.5) is 0 Å². The Morgan fingerprint density at radius 3 is 2.33 bits per heavy atom. The molecule has 1 atom stereocenters. The summed E-state index contributed by atoms with van der Waals surface area (Å²) in [5, 5.41) is 6.54. The molecule has 152 valence electrons. The molecule has 0 fully saturated rings. The highest BCUT2D eigenvalue weighted by Gasteiger charge is 2.39. The van der Waals surface area contributed by atoms with Gasteiger partial charge in [0.1, 0.15) is 22.9 Å². The normalized spacial score (nSPS) is 17.4. The van der Waals surface area contributed by atoms with Crippen LogP contribution in [0.15, 0.2) is 42.2 Å². The molecule has 8 nitrogen and oxygen atoms in total. The summed E-state index contributed by atoms with van der Waals surface area (Å²) in [6.07, 6.45) is 1.76. The lowest BCUT2D eigenvalue weighted by Crippen LogP contribution is -2.30. The fraction of sp³-hybridized carbons (Fsp3) is 0.182. The van der Waals surface area contributed by atoms with E-state index in [1.165, 1.54) is 0 Å². The van der Waals surface area contributed by atoms with Crippen LogP contribution in [-0.4, -0.2) is 38.1 Å². The lowest BCUT2D eigenvalue weighted by molar-refractivity contribution is -0.123. The van der Waals surface area contributed by atoms with E-state index in [0.717, 1.165) is 16.5 Å². The van der Waals surface area contributed by atoms with Crippen molar-refractivity contribution in [2.45, 2.75) is 6.04 Å². The topological polar surface area (TPSA) is 102 Å². The van der Waals surface area contributed by atoms with Crippen LogP contribution >= 0.6 is 0 Å². The Hall–Kier alpha value is -3.94. The van der Waals surface area contributed by atoms with Gasteiger partial charge in [-0.25, -0.2) is 0 Å². The fourth-order valence-corrected chi connectivity index (χ4v) is 4.27. The van der Waals surface area contributed by atoms with E-state index < -0.39 is 17.9 Å². The zero-order valence-electron chi connectivity index (χ0n) is 16.6. The van der Waals surface area contributed by atoms with Gasteiger partial charge in [-0.1, -0.05) is 12.1 Å². The summed E-state index contributed by atoms with van der Waals surface area (Å²) in [4.78, 5) is 28.4. The quantitative estimate of drug-likeness (QED) is 0.576. The highest BCUT2D eigenvalue weighted by Crippen LogP contribution is 2.46. The number of rotatable bonds is 4. The van der Waals surface area contributed by atoms with E-state index in [2.05, 4.69) is 15.6 Å². The number of benzene rings is 2. The molecule has 5 rings (SSSR count). The zero-order chi connectivity index (χ0) is 21.0. The number of aromatic nitrogens is 1. The predicted octanol–water partition coefficient (Wildman–Crippen LogP) is 2.25. The summed E-state index contributed by atoms with van der Waals surface area (Å²) in [6.45, 7) is 0. The molecule has 3 aromatic rings. The molecule has 1 unspecified atom stereocenters. The molecule has 2 aliphatic heterocycles. The smallest absolute Gasteiger partial charge is 0.275 e. The molecule has 0 saturated carbocycles. The summed E-state index contributed by atoms with van der Waals surface area (Å²) < 4.78 is 16.7. The first kappa shape index (κ1) is 18.1. The van der Waals surface area contributed by atoms with Gasteiger partial charge in [-0.3, -0.25) is 14.9 Å². The SMILES string of the molecule is COc1cc(OC)c(C2NC3=C(C(=O)NC3=O)c3c[nH]c4cccc2c34)c(OC)c1. The second-order valence-electron chi connectivity index (χ2n) is 7.03. The van der Waals surface area contributed by atoms with E-state index in [4.69, 9.17) is 14.2 Å². The van der Waals surface area contributed by atoms with Crippen molar-refractivity contribution in [3.8, 4) is 17.2 Å². The van der Waals surface area contributed by atoms with Gasteiger partial charge in [-0.05, 0) is 11.6 Å². The molecular formula is C22H19N3O5. The van der Waals surface area contributed by atoms with E-state index in [0.29, 0.717) is 33.9 Å². The summed E-state index contributed by atoms with van der Waals surface area (Å²) in [5.74, 6) is 0.759. The number of ether oxygens (including phenoxy) is 3. The van der Waals surface area contributed by atoms with Crippen LogP contribution in [0.25, 0.3) is 16.5 Å². The van der Waals surface area contributed by atoms with Crippen LogP contribution in [0.5, 0.6) is 17.2 Å². The molecule has 2 aliphatic rings. The number of aromatic amines is 1. The van der Waals surface area contributed by atoms with E-state index in [1.807, 2.05) is 18.2 Å². The van der Waals surface area contributed by atoms with E-state index in [9.17, 15) is 9.59 Å². The number of amides is 2. The maximum atomic E-state index is 12.6. The summed E-state index contributed by atoms with van der Waals surface area (Å²) >= 11 is 0. The Morgan fingerprint density at radius 1 is 0.933 bits per heavy atom. The van der Waals surface area contributed by atoms with Gasteiger partial charge in [0.25, 0.3) is 11.8 Å². The standard InChI is InChI=1S/C22H19N3O5/c1-28-10-7-14(29-2)18(15(8-10)30-3)19-11-5-4-6-13-16(11)12(9-23-13)17-20(24-19)22(27)25-21(17)26/h4-9,19,23-24H,1-3H3,(H,25,26,27). The van der Waals surface area contributed by atoms with Gasteiger partial charge in [-0.2, -0.15) is 0 Å². The molecule has 2 aromatic carbocycles. The minimum Gasteiger partial charge on any atom is -0.496 e. The van der Waals surface area contributed by atoms with Crippen molar-refractivity contribution in [1.82, 2.24) is 15.6 Å². The summed E-state index contributed by atoms with van der Waals surface area (Å²) in [6, 6.07) is 8.83. The Balaban J connectivity index is 1.85. The average Bonchev–Trinajstić information content (AvgIpc) is 3.25. The van der Waals surface area contributed by atoms with Crippen LogP contribution in [0.1, 0.15) is 22.7 Å². The Bertz CT molecular complexity index is 1230. The van der Waals surface area contributed by atoms with Crippen LogP contribution < -0.4 is 24.8 Å². The Morgan fingerprint density at radius 2 is 1.67 bits per heavy atom. The third-order valence-electron chi connectivity index (χ3n) is 5.58. The highest BCUT2D eigenvalue weighted by atomic mass is 16.5. The van der Waals surface area contributed by atoms with Gasteiger partial charge in [0.15, 0.2) is 0 Å². The number of carbonyl (C=O) groups excluding carboxylic acids is 2. The monoisotopic (exact) mass is 405 g/mol. The fourth-order valence-electron chi connectivity index (χ4n) is 4.27. The molecule has 3 heterocycles. The lowest BCUT2D eigenvalue weighted by Gasteiger charge is -2.25. The molecule has 30 heavy (non-hydrogen) atoms. The average molecular weight is 405 g/mol. The summed E-state index contributed by atoms with van der Waals surface area (Å²) in [7, 11) is 4.69. The Kier molecular flexibility index (Phi) is 3.95. The van der Waals surface area contributed by atoms with Gasteiger partial charge in [0.2, 0.25) is 0 Å². The molecule has 0 bridgehead atoms. The van der Waals surface area contributed by atoms with Crippen molar-refractivity contribution in [3.63, 3.8) is 0 Å². The maximum Gasteiger partial charge on any atom is 0.275 e. The zero-order valence-corrected chi connectivity index (χ0v) is 16.6. The van der Waals surface area contributed by atoms with Gasteiger partial charge < -0.3 is 24.5 Å². The molecule has 2 amide bonds. The molecule has 0 saturated heterocycles. The van der Waals surface area contributed by atoms with Crippen LogP contribution in [0, 0.1) is 0 Å². The number of hydrogen-bond acceptors (Lipinski definition) is 6. The number of H-pyrrole nitrogens is 1. The van der Waals surface area contributed by atoms with E-state index in [-0.39, 0.29) is 5.70 Å². The minimum absolute atomic E-state index is 0.224. The van der Waals surface area contributed by atoms with Gasteiger partial charge in [0, 0.05) is 34.8 Å². The van der Waals surface area contributed by atoms with E-state index in [1.54, 1.807) is 39.7 Å². The van der Waals surface area contributed by atoms with Crippen molar-refractivity contribution < 1.29 is 23.8 Å². The van der Waals surface area contributed by atoms with Gasteiger partial charge in [0.05, 0.1) is 38.5 Å². The first-order valence-electron chi connectivity index (χ1n) is 9.34. The number of imide groups is 1. The third kappa shape index (κ3) is 2.40. The number of carbonyl (C=O) groups is 2. The molecule has 3 N–H and O–H groups in total. The highest BCUT2D eigenvalue weighted by molar-refractivity contribution is 6.37. The molecule has 1 aromatic heterocycles. The van der Waals surface area contributed by atoms with Crippen molar-refractivity contribution in [2.24, 2.45) is 0 Å². The summed E-state index contributed by atoms with van der Waals surface area (Å²) in [5.41, 5.74) is 3.68. The molecular weight excluding hydrogens is 386 g/mol. The van der Waals surface area contributed by atoms with E-state index >= 15 is 0 Å². The number of fused-ring (bicyclic) bond motifs is 1. The molecule has 0 aliphatic carbocycles.